The third-order valence-corrected chi connectivity index (χ3v) is 6.76. The quantitative estimate of drug-likeness (QED) is 0.375. The van der Waals surface area contributed by atoms with Crippen LogP contribution in [-0.2, 0) is 9.59 Å². The molecule has 1 fully saturated rings. The first kappa shape index (κ1) is 26.0. The second-order valence-corrected chi connectivity index (χ2v) is 9.49. The highest BCUT2D eigenvalue weighted by Crippen LogP contribution is 2.35. The van der Waals surface area contributed by atoms with Crippen molar-refractivity contribution >= 4 is 46.2 Å². The number of para-hydroxylation sites is 1. The summed E-state index contributed by atoms with van der Waals surface area (Å²) in [7, 11) is 1.72. The van der Waals surface area contributed by atoms with Crippen LogP contribution in [0.5, 0.6) is 11.5 Å². The van der Waals surface area contributed by atoms with Crippen molar-refractivity contribution in [2.24, 2.45) is 4.99 Å². The van der Waals surface area contributed by atoms with Crippen molar-refractivity contribution in [2.75, 3.05) is 25.6 Å². The summed E-state index contributed by atoms with van der Waals surface area (Å²) in [6.45, 7) is 6.24. The Labute approximate surface area is 221 Å². The molecule has 0 bridgehead atoms. The van der Waals surface area contributed by atoms with Crippen LogP contribution in [-0.4, -0.2) is 42.1 Å². The van der Waals surface area contributed by atoms with Gasteiger partial charge < -0.3 is 14.8 Å². The maximum Gasteiger partial charge on any atom is 0.266 e. The second kappa shape index (κ2) is 11.8. The van der Waals surface area contributed by atoms with Gasteiger partial charge in [-0.05, 0) is 91.7 Å². The first-order valence-corrected chi connectivity index (χ1v) is 12.7. The van der Waals surface area contributed by atoms with Gasteiger partial charge in [0, 0.05) is 12.7 Å². The van der Waals surface area contributed by atoms with E-state index in [1.54, 1.807) is 30.2 Å². The number of benzene rings is 3. The normalized spacial score (nSPS) is 15.4. The summed E-state index contributed by atoms with van der Waals surface area (Å²) in [5.74, 6) is 0.554. The molecule has 1 N–H and O–H groups in total. The number of hydrogen-bond acceptors (Lipinski definition) is 6. The molecule has 0 saturated carbocycles. The minimum atomic E-state index is -0.272. The Kier molecular flexibility index (Phi) is 8.30. The minimum absolute atomic E-state index is 0.122. The molecular formula is C29H29N3O4S. The zero-order valence-corrected chi connectivity index (χ0v) is 22.1. The van der Waals surface area contributed by atoms with Gasteiger partial charge in [-0.15, -0.1) is 0 Å². The van der Waals surface area contributed by atoms with Gasteiger partial charge in [-0.1, -0.05) is 30.3 Å². The average Bonchev–Trinajstić information content (AvgIpc) is 3.14. The zero-order chi connectivity index (χ0) is 26.4. The molecule has 1 heterocycles. The van der Waals surface area contributed by atoms with E-state index in [2.05, 4.69) is 17.2 Å². The highest BCUT2D eigenvalue weighted by molar-refractivity contribution is 8.18. The van der Waals surface area contributed by atoms with E-state index in [4.69, 9.17) is 9.47 Å². The molecule has 0 atom stereocenters. The van der Waals surface area contributed by atoms with E-state index in [-0.39, 0.29) is 18.4 Å². The fourth-order valence-corrected chi connectivity index (χ4v) is 4.56. The number of anilines is 1. The van der Waals surface area contributed by atoms with E-state index in [9.17, 15) is 9.59 Å². The molecule has 4 rings (SSSR count). The third kappa shape index (κ3) is 6.59. The lowest BCUT2D eigenvalue weighted by atomic mass is 10.1. The Balaban J connectivity index is 1.48. The Morgan fingerprint density at radius 3 is 2.51 bits per heavy atom. The fourth-order valence-electron chi connectivity index (χ4n) is 3.57. The lowest BCUT2D eigenvalue weighted by Crippen LogP contribution is -2.23. The number of hydrogen-bond donors (Lipinski definition) is 1. The van der Waals surface area contributed by atoms with Crippen LogP contribution in [0.3, 0.4) is 0 Å². The van der Waals surface area contributed by atoms with Gasteiger partial charge in [0.1, 0.15) is 0 Å². The van der Waals surface area contributed by atoms with Gasteiger partial charge in [0.2, 0.25) is 0 Å². The highest BCUT2D eigenvalue weighted by Gasteiger charge is 2.30. The molecule has 37 heavy (non-hydrogen) atoms. The number of likely N-dealkylation sites (N-methyl/N-ethyl adjacent to an activating group) is 1. The first-order chi connectivity index (χ1) is 17.8. The predicted molar refractivity (Wildman–Crippen MR) is 150 cm³/mol. The predicted octanol–water partition coefficient (Wildman–Crippen LogP) is 5.95. The molecular weight excluding hydrogens is 486 g/mol. The van der Waals surface area contributed by atoms with Crippen LogP contribution in [0.1, 0.15) is 23.6 Å². The van der Waals surface area contributed by atoms with E-state index in [0.29, 0.717) is 33.9 Å². The van der Waals surface area contributed by atoms with E-state index < -0.39 is 0 Å². The fraction of sp³-hybridized carbons (Fsp3) is 0.207. The van der Waals surface area contributed by atoms with Crippen molar-refractivity contribution in [3.8, 4) is 11.5 Å². The van der Waals surface area contributed by atoms with E-state index in [1.807, 2.05) is 68.4 Å². The number of aliphatic imine (C=N–C) groups is 1. The van der Waals surface area contributed by atoms with Gasteiger partial charge in [-0.3, -0.25) is 14.5 Å². The molecule has 0 aliphatic carbocycles. The molecule has 0 spiro atoms. The summed E-state index contributed by atoms with van der Waals surface area (Å²) in [6.07, 6.45) is 1.81. The molecule has 1 aliphatic rings. The van der Waals surface area contributed by atoms with Crippen LogP contribution in [0.4, 0.5) is 11.4 Å². The molecule has 3 aromatic carbocycles. The van der Waals surface area contributed by atoms with Crippen molar-refractivity contribution in [2.45, 2.75) is 20.8 Å². The lowest BCUT2D eigenvalue weighted by Gasteiger charge is -2.13. The molecule has 7 nitrogen and oxygen atoms in total. The molecule has 0 radical (unpaired) electrons. The summed E-state index contributed by atoms with van der Waals surface area (Å²) in [6, 6.07) is 20.5. The van der Waals surface area contributed by atoms with Gasteiger partial charge in [0.05, 0.1) is 17.2 Å². The summed E-state index contributed by atoms with van der Waals surface area (Å²) in [5.41, 5.74) is 4.64. The molecule has 3 aromatic rings. The largest absolute Gasteiger partial charge is 0.490 e. The summed E-state index contributed by atoms with van der Waals surface area (Å²) < 4.78 is 11.5. The highest BCUT2D eigenvalue weighted by atomic mass is 32.2. The maximum atomic E-state index is 12.9. The molecule has 190 valence electrons. The molecule has 8 heteroatoms. The van der Waals surface area contributed by atoms with Crippen LogP contribution in [0.15, 0.2) is 76.6 Å². The number of aryl methyl sites for hydroxylation is 2. The maximum absolute atomic E-state index is 12.9. The summed E-state index contributed by atoms with van der Waals surface area (Å²) >= 11 is 1.33. The Bertz CT molecular complexity index is 1370. The number of thioether (sulfide) groups is 1. The van der Waals surface area contributed by atoms with Gasteiger partial charge in [0.15, 0.2) is 23.3 Å². The number of amides is 2. The number of amidine groups is 1. The van der Waals surface area contributed by atoms with Crippen molar-refractivity contribution in [1.29, 1.82) is 0 Å². The van der Waals surface area contributed by atoms with Gasteiger partial charge in [-0.2, -0.15) is 0 Å². The Morgan fingerprint density at radius 1 is 1.00 bits per heavy atom. The smallest absolute Gasteiger partial charge is 0.266 e. The number of nitrogens with zero attached hydrogens (tertiary/aromatic N) is 2. The number of carbonyl (C=O) groups is 2. The van der Waals surface area contributed by atoms with Crippen molar-refractivity contribution in [3.05, 3.63) is 88.3 Å². The van der Waals surface area contributed by atoms with E-state index in [0.717, 1.165) is 16.8 Å². The lowest BCUT2D eigenvalue weighted by molar-refractivity contribution is -0.121. The SMILES string of the molecule is CCOc1cc(/C=C2/SC(=Nc3ccc(C)c(C)c3)N(C)C2=O)ccc1OCC(=O)Nc1ccccc1. The van der Waals surface area contributed by atoms with Crippen LogP contribution >= 0.6 is 11.8 Å². The van der Waals surface area contributed by atoms with Gasteiger partial charge in [0.25, 0.3) is 11.8 Å². The van der Waals surface area contributed by atoms with Crippen LogP contribution in [0.2, 0.25) is 0 Å². The molecule has 0 aromatic heterocycles. The average molecular weight is 516 g/mol. The molecule has 2 amide bonds. The van der Waals surface area contributed by atoms with Gasteiger partial charge >= 0.3 is 0 Å². The zero-order valence-electron chi connectivity index (χ0n) is 21.3. The Hall–Kier alpha value is -4.04. The standard InChI is InChI=1S/C29H29N3O4S/c1-5-35-25-16-21(12-14-24(25)36-18-27(33)30-22-9-7-6-8-10-22)17-26-28(34)32(4)29(37-26)31-23-13-11-19(2)20(3)15-23/h6-17H,5,18H2,1-4H3,(H,30,33)/b26-17+,31-29?. The number of carbonyl (C=O) groups excluding carboxylic acids is 2. The van der Waals surface area contributed by atoms with Crippen LogP contribution in [0.25, 0.3) is 6.08 Å². The molecule has 1 aliphatic heterocycles. The summed E-state index contributed by atoms with van der Waals surface area (Å²) in [5, 5.41) is 3.41. The van der Waals surface area contributed by atoms with E-state index >= 15 is 0 Å². The topological polar surface area (TPSA) is 80.2 Å². The van der Waals surface area contributed by atoms with Crippen LogP contribution < -0.4 is 14.8 Å². The van der Waals surface area contributed by atoms with Crippen molar-refractivity contribution in [1.82, 2.24) is 4.90 Å². The Morgan fingerprint density at radius 2 is 1.78 bits per heavy atom. The molecule has 0 unspecified atom stereocenters. The monoisotopic (exact) mass is 515 g/mol. The number of rotatable bonds is 8. The summed E-state index contributed by atoms with van der Waals surface area (Å²) in [4.78, 5) is 32.0. The van der Waals surface area contributed by atoms with Crippen LogP contribution in [0, 0.1) is 13.8 Å². The van der Waals surface area contributed by atoms with E-state index in [1.165, 1.54) is 17.3 Å². The minimum Gasteiger partial charge on any atom is -0.490 e. The number of ether oxygens (including phenoxy) is 2. The first-order valence-electron chi connectivity index (χ1n) is 11.9. The number of nitrogens with one attached hydrogen (secondary N) is 1. The van der Waals surface area contributed by atoms with Crippen molar-refractivity contribution < 1.29 is 19.1 Å². The van der Waals surface area contributed by atoms with Gasteiger partial charge in [-0.25, -0.2) is 4.99 Å². The third-order valence-electron chi connectivity index (χ3n) is 5.70. The van der Waals surface area contributed by atoms with Crippen molar-refractivity contribution in [3.63, 3.8) is 0 Å². The second-order valence-electron chi connectivity index (χ2n) is 8.48. The molecule has 1 saturated heterocycles.